The predicted molar refractivity (Wildman–Crippen MR) is 43.3 cm³/mol. The maximum atomic E-state index is 8.54. The molecule has 0 heterocycles. The summed E-state index contributed by atoms with van der Waals surface area (Å²) < 4.78 is 0. The molecule has 0 spiro atoms. The van der Waals surface area contributed by atoms with Crippen molar-refractivity contribution < 1.29 is 14.7 Å². The minimum absolute atomic E-state index is 0. The van der Waals surface area contributed by atoms with Gasteiger partial charge in [0.1, 0.15) is 0 Å². The van der Waals surface area contributed by atoms with Crippen molar-refractivity contribution >= 4 is 31.0 Å². The van der Waals surface area contributed by atoms with Crippen molar-refractivity contribution in [1.82, 2.24) is 0 Å². The van der Waals surface area contributed by atoms with E-state index in [1.807, 2.05) is 0 Å². The third-order valence-corrected chi connectivity index (χ3v) is 3.00. The number of hydrogen-bond acceptors (Lipinski definition) is 3. The smallest absolute Gasteiger partial charge is 0.316 e. The summed E-state index contributed by atoms with van der Waals surface area (Å²) in [6.45, 7) is 3.42. The third kappa shape index (κ3) is 5.52. The Bertz CT molecular complexity index is 72.7. The summed E-state index contributed by atoms with van der Waals surface area (Å²) in [5.41, 5.74) is -0.345. The molecule has 5 heteroatoms. The van der Waals surface area contributed by atoms with Crippen LogP contribution in [0.5, 0.6) is 0 Å². The molecule has 3 nitrogen and oxygen atoms in total. The van der Waals surface area contributed by atoms with Gasteiger partial charge >= 0.3 is 71.6 Å². The summed E-state index contributed by atoms with van der Waals surface area (Å²) in [6, 6.07) is 0. The molecular weight excluding hydrogens is 151 g/mol. The van der Waals surface area contributed by atoms with E-state index in [-0.39, 0.29) is 28.7 Å². The van der Waals surface area contributed by atoms with Gasteiger partial charge in [-0.25, -0.2) is 0 Å². The van der Waals surface area contributed by atoms with E-state index in [0.29, 0.717) is 6.42 Å². The Labute approximate surface area is 71.8 Å². The summed E-state index contributed by atoms with van der Waals surface area (Å²) in [7, 11) is -3.76. The Hall–Kier alpha value is 1.08. The Kier molecular flexibility index (Phi) is 6.82. The van der Waals surface area contributed by atoms with Gasteiger partial charge in [-0.1, -0.05) is 0 Å². The normalized spacial score (nSPS) is 16.1. The Morgan fingerprint density at radius 2 is 1.67 bits per heavy atom. The van der Waals surface area contributed by atoms with E-state index in [2.05, 4.69) is 0 Å². The average molecular weight is 166 g/mol. The third-order valence-electron chi connectivity index (χ3n) is 1.27. The van der Waals surface area contributed by atoms with E-state index in [1.54, 1.807) is 13.8 Å². The second-order valence-electron chi connectivity index (χ2n) is 2.00. The summed E-state index contributed by atoms with van der Waals surface area (Å²) in [6.07, 6.45) is 0.607. The van der Waals surface area contributed by atoms with E-state index >= 15 is 0 Å². The fourth-order valence-corrected chi connectivity index (χ4v) is 0.822. The van der Waals surface area contributed by atoms with E-state index in [4.69, 9.17) is 14.7 Å². The van der Waals surface area contributed by atoms with Crippen LogP contribution in [0.25, 0.3) is 0 Å². The van der Waals surface area contributed by atoms with Gasteiger partial charge < -0.3 is 0 Å². The van der Waals surface area contributed by atoms with Gasteiger partial charge in [0.2, 0.25) is 0 Å². The van der Waals surface area contributed by atoms with Crippen LogP contribution in [0, 0.1) is 0 Å². The van der Waals surface area contributed by atoms with Crippen LogP contribution in [0.15, 0.2) is 0 Å². The molecule has 0 fully saturated rings. The Morgan fingerprint density at radius 1 is 1.33 bits per heavy atom. The largest absolute Gasteiger partial charge is 0.316 e. The molecule has 0 radical (unpaired) electrons. The zero-order chi connectivity index (χ0) is 6.78. The van der Waals surface area contributed by atoms with Crippen LogP contribution in [0.2, 0.25) is 0 Å². The van der Waals surface area contributed by atoms with Gasteiger partial charge in [-0.3, -0.25) is 0 Å². The first kappa shape index (κ1) is 12.7. The fourth-order valence-electron chi connectivity index (χ4n) is 0.274. The SMILES string of the molecule is CCC(C)[PH](O)(O)O.[MgH2]. The minimum atomic E-state index is -3.76. The van der Waals surface area contributed by atoms with Gasteiger partial charge in [0, 0.05) is 0 Å². The first-order valence-electron chi connectivity index (χ1n) is 2.65. The summed E-state index contributed by atoms with van der Waals surface area (Å²) in [5.74, 6) is 0. The maximum Gasteiger partial charge on any atom is 0.316 e. The fraction of sp³-hybridized carbons (Fsp3) is 1.00. The van der Waals surface area contributed by atoms with Crippen LogP contribution in [0.1, 0.15) is 20.3 Å². The van der Waals surface area contributed by atoms with Gasteiger partial charge in [-0.15, -0.1) is 0 Å². The first-order chi connectivity index (χ1) is 3.48. The Morgan fingerprint density at radius 3 is 1.67 bits per heavy atom. The molecule has 1 unspecified atom stereocenters. The van der Waals surface area contributed by atoms with Gasteiger partial charge in [-0.05, 0) is 0 Å². The van der Waals surface area contributed by atoms with Crippen molar-refractivity contribution in [3.05, 3.63) is 0 Å². The van der Waals surface area contributed by atoms with Crippen LogP contribution in [-0.2, 0) is 0 Å². The zero-order valence-electron chi connectivity index (χ0n) is 5.13. The van der Waals surface area contributed by atoms with Crippen molar-refractivity contribution in [3.63, 3.8) is 0 Å². The quantitative estimate of drug-likeness (QED) is 0.377. The van der Waals surface area contributed by atoms with Crippen LogP contribution >= 0.6 is 7.94 Å². The molecule has 9 heavy (non-hydrogen) atoms. The van der Waals surface area contributed by atoms with Crippen molar-refractivity contribution in [2.24, 2.45) is 0 Å². The minimum Gasteiger partial charge on any atom is 0.316 e. The number of hydrogen-bond donors (Lipinski definition) is 3. The van der Waals surface area contributed by atoms with Crippen molar-refractivity contribution in [2.75, 3.05) is 0 Å². The van der Waals surface area contributed by atoms with Crippen LogP contribution < -0.4 is 0 Å². The van der Waals surface area contributed by atoms with Gasteiger partial charge in [0.25, 0.3) is 0 Å². The molecule has 0 saturated heterocycles. The average Bonchev–Trinajstić information content (AvgIpc) is 1.62. The van der Waals surface area contributed by atoms with E-state index in [0.717, 1.165) is 0 Å². The number of rotatable bonds is 2. The molecule has 56 valence electrons. The summed E-state index contributed by atoms with van der Waals surface area (Å²) in [4.78, 5) is 25.6. The van der Waals surface area contributed by atoms with Crippen LogP contribution in [0.3, 0.4) is 0 Å². The predicted octanol–water partition coefficient (Wildman–Crippen LogP) is -0.659. The van der Waals surface area contributed by atoms with Crippen molar-refractivity contribution in [3.8, 4) is 0 Å². The molecule has 0 amide bonds. The second kappa shape index (κ2) is 4.83. The van der Waals surface area contributed by atoms with E-state index < -0.39 is 7.94 Å². The summed E-state index contributed by atoms with van der Waals surface area (Å²) in [5, 5.41) is 0. The molecule has 0 aliphatic rings. The van der Waals surface area contributed by atoms with Crippen molar-refractivity contribution in [1.29, 1.82) is 0 Å². The first-order valence-corrected chi connectivity index (χ1v) is 4.57. The molecule has 1 atom stereocenters. The van der Waals surface area contributed by atoms with Gasteiger partial charge in [0.05, 0.1) is 0 Å². The molecule has 3 N–H and O–H groups in total. The monoisotopic (exact) mass is 166 g/mol. The van der Waals surface area contributed by atoms with Crippen LogP contribution in [-0.4, -0.2) is 43.4 Å². The zero-order valence-corrected chi connectivity index (χ0v) is 6.13. The molecule has 0 aliphatic heterocycles. The molecule has 0 bridgehead atoms. The second-order valence-corrected chi connectivity index (χ2v) is 4.36. The van der Waals surface area contributed by atoms with E-state index in [9.17, 15) is 0 Å². The summed E-state index contributed by atoms with van der Waals surface area (Å²) >= 11 is 0. The molecule has 0 aromatic carbocycles. The molecular formula is C4H15MgO3P. The molecule has 0 aliphatic carbocycles. The molecule has 0 saturated carbocycles. The molecule has 0 rings (SSSR count). The van der Waals surface area contributed by atoms with Gasteiger partial charge in [0.15, 0.2) is 0 Å². The maximum absolute atomic E-state index is 8.54. The molecule has 0 aromatic heterocycles. The Balaban J connectivity index is 0. The standard InChI is InChI=1S/C4H13O3P.Mg.2H/c1-3-4(2)8(5,6)7;;;/h4-8H,3H2,1-2H3;;;. The van der Waals surface area contributed by atoms with E-state index in [1.165, 1.54) is 0 Å². The van der Waals surface area contributed by atoms with Gasteiger partial charge in [-0.2, -0.15) is 0 Å². The van der Waals surface area contributed by atoms with Crippen molar-refractivity contribution in [2.45, 2.75) is 25.9 Å². The van der Waals surface area contributed by atoms with Crippen LogP contribution in [0.4, 0.5) is 0 Å². The topological polar surface area (TPSA) is 60.7 Å². The molecule has 0 aromatic rings.